The van der Waals surface area contributed by atoms with Gasteiger partial charge in [-0.2, -0.15) is 5.26 Å². The second-order valence-corrected chi connectivity index (χ2v) is 3.39. The molecule has 1 aromatic rings. The molecule has 0 aromatic carbocycles. The number of hydrogen-bond acceptors (Lipinski definition) is 4. The smallest absolute Gasteiger partial charge is 0.323 e. The van der Waals surface area contributed by atoms with Crippen molar-refractivity contribution in [3.05, 3.63) is 23.4 Å². The van der Waals surface area contributed by atoms with Crippen LogP contribution < -0.4 is 4.90 Å². The maximum absolute atomic E-state index is 10.7. The van der Waals surface area contributed by atoms with Crippen LogP contribution in [0.15, 0.2) is 12.3 Å². The molecule has 0 aliphatic heterocycles. The van der Waals surface area contributed by atoms with Crippen LogP contribution >= 0.6 is 0 Å². The van der Waals surface area contributed by atoms with E-state index >= 15 is 0 Å². The summed E-state index contributed by atoms with van der Waals surface area (Å²) in [6, 6.07) is 3.70. The van der Waals surface area contributed by atoms with Gasteiger partial charge in [0.25, 0.3) is 0 Å². The van der Waals surface area contributed by atoms with Gasteiger partial charge in [-0.1, -0.05) is 5.92 Å². The second kappa shape index (κ2) is 5.53. The number of aliphatic carboxylic acids is 1. The number of carboxylic acid groups (broad SMARTS) is 1. The first-order valence-corrected chi connectivity index (χ1v) is 4.86. The van der Waals surface area contributed by atoms with Gasteiger partial charge in [0.15, 0.2) is 0 Å². The van der Waals surface area contributed by atoms with Crippen LogP contribution in [0.2, 0.25) is 0 Å². The molecule has 1 N–H and O–H groups in total. The van der Waals surface area contributed by atoms with Gasteiger partial charge in [-0.15, -0.1) is 6.42 Å². The maximum atomic E-state index is 10.7. The predicted octanol–water partition coefficient (Wildman–Crippen LogP) is 0.786. The zero-order valence-corrected chi connectivity index (χ0v) is 9.34. The van der Waals surface area contributed by atoms with Crippen molar-refractivity contribution in [2.24, 2.45) is 0 Å². The van der Waals surface area contributed by atoms with E-state index in [1.165, 1.54) is 11.1 Å². The van der Waals surface area contributed by atoms with Gasteiger partial charge in [-0.05, 0) is 18.6 Å². The third-order valence-electron chi connectivity index (χ3n) is 2.16. The Kier molecular flexibility index (Phi) is 4.08. The molecule has 1 aromatic heterocycles. The molecule has 0 aliphatic rings. The first-order valence-electron chi connectivity index (χ1n) is 4.86. The molecule has 0 amide bonds. The van der Waals surface area contributed by atoms with Crippen LogP contribution in [0.25, 0.3) is 0 Å². The monoisotopic (exact) mass is 229 g/mol. The summed E-state index contributed by atoms with van der Waals surface area (Å²) < 4.78 is 0. The molecule has 0 atom stereocenters. The Bertz CT molecular complexity index is 511. The first-order chi connectivity index (χ1) is 8.10. The largest absolute Gasteiger partial charge is 0.480 e. The minimum Gasteiger partial charge on any atom is -0.480 e. The molecular weight excluding hydrogens is 218 g/mol. The third kappa shape index (κ3) is 2.96. The van der Waals surface area contributed by atoms with Crippen molar-refractivity contribution in [1.29, 1.82) is 5.26 Å². The molecule has 0 unspecified atom stereocenters. The Balaban J connectivity index is 3.19. The molecule has 1 rings (SSSR count). The molecule has 5 heteroatoms. The highest BCUT2D eigenvalue weighted by molar-refractivity contribution is 5.74. The number of carbonyl (C=O) groups is 1. The normalized spacial score (nSPS) is 9.12. The van der Waals surface area contributed by atoms with E-state index in [0.717, 1.165) is 5.56 Å². The number of aryl methyl sites for hydroxylation is 1. The average Bonchev–Trinajstić information content (AvgIpc) is 2.27. The quantitative estimate of drug-likeness (QED) is 0.772. The fourth-order valence-electron chi connectivity index (χ4n) is 1.40. The molecule has 1 heterocycles. The summed E-state index contributed by atoms with van der Waals surface area (Å²) in [5.74, 6) is 1.65. The lowest BCUT2D eigenvalue weighted by Crippen LogP contribution is -2.31. The maximum Gasteiger partial charge on any atom is 0.323 e. The van der Waals surface area contributed by atoms with Crippen molar-refractivity contribution in [3.8, 4) is 18.4 Å². The summed E-state index contributed by atoms with van der Waals surface area (Å²) in [5, 5.41) is 17.8. The standard InChI is InChI=1S/C12H11N3O2/c1-3-6-15(8-11(16)17)12-10(7-13)9(2)4-5-14-12/h1,4-5H,6,8H2,2H3,(H,16,17). The van der Waals surface area contributed by atoms with E-state index in [2.05, 4.69) is 10.9 Å². The molecule has 17 heavy (non-hydrogen) atoms. The third-order valence-corrected chi connectivity index (χ3v) is 2.16. The molecule has 0 saturated carbocycles. The van der Waals surface area contributed by atoms with Crippen LogP contribution in [0.5, 0.6) is 0 Å². The SMILES string of the molecule is C#CCN(CC(=O)O)c1nccc(C)c1C#N. The van der Waals surface area contributed by atoms with E-state index in [0.29, 0.717) is 11.4 Å². The van der Waals surface area contributed by atoms with Gasteiger partial charge in [-0.25, -0.2) is 4.98 Å². The Labute approximate surface area is 99.3 Å². The Morgan fingerprint density at radius 3 is 2.94 bits per heavy atom. The molecule has 0 saturated heterocycles. The van der Waals surface area contributed by atoms with E-state index < -0.39 is 5.97 Å². The molecule has 86 valence electrons. The van der Waals surface area contributed by atoms with E-state index in [9.17, 15) is 4.79 Å². The minimum atomic E-state index is -1.02. The Morgan fingerprint density at radius 2 is 2.41 bits per heavy atom. The van der Waals surface area contributed by atoms with Crippen LogP contribution in [-0.2, 0) is 4.79 Å². The van der Waals surface area contributed by atoms with Crippen molar-refractivity contribution in [3.63, 3.8) is 0 Å². The number of anilines is 1. The zero-order valence-electron chi connectivity index (χ0n) is 9.34. The van der Waals surface area contributed by atoms with Crippen molar-refractivity contribution < 1.29 is 9.90 Å². The van der Waals surface area contributed by atoms with E-state index in [1.807, 2.05) is 6.07 Å². The molecule has 5 nitrogen and oxygen atoms in total. The highest BCUT2D eigenvalue weighted by atomic mass is 16.4. The molecule has 0 spiro atoms. The predicted molar refractivity (Wildman–Crippen MR) is 62.4 cm³/mol. The second-order valence-electron chi connectivity index (χ2n) is 3.39. The number of pyridine rings is 1. The first kappa shape index (κ1) is 12.5. The van der Waals surface area contributed by atoms with Crippen LogP contribution in [0.1, 0.15) is 11.1 Å². The molecule has 0 radical (unpaired) electrons. The van der Waals surface area contributed by atoms with E-state index in [-0.39, 0.29) is 13.1 Å². The average molecular weight is 229 g/mol. The number of nitriles is 1. The van der Waals surface area contributed by atoms with Gasteiger partial charge in [0, 0.05) is 6.20 Å². The van der Waals surface area contributed by atoms with Gasteiger partial charge >= 0.3 is 5.97 Å². The molecule has 0 fully saturated rings. The van der Waals surface area contributed by atoms with Crippen LogP contribution in [0, 0.1) is 30.6 Å². The summed E-state index contributed by atoms with van der Waals surface area (Å²) >= 11 is 0. The number of aromatic nitrogens is 1. The lowest BCUT2D eigenvalue weighted by Gasteiger charge is -2.20. The minimum absolute atomic E-state index is 0.0947. The summed E-state index contributed by atoms with van der Waals surface area (Å²) in [7, 11) is 0. The number of hydrogen-bond donors (Lipinski definition) is 1. The molecule has 0 aliphatic carbocycles. The topological polar surface area (TPSA) is 77.2 Å². The van der Waals surface area contributed by atoms with Crippen molar-refractivity contribution >= 4 is 11.8 Å². The summed E-state index contributed by atoms with van der Waals surface area (Å²) in [6.45, 7) is 1.57. The van der Waals surface area contributed by atoms with Gasteiger partial charge in [0.05, 0.1) is 12.1 Å². The highest BCUT2D eigenvalue weighted by Crippen LogP contribution is 2.19. The fraction of sp³-hybridized carbons (Fsp3) is 0.250. The van der Waals surface area contributed by atoms with Gasteiger partial charge < -0.3 is 10.0 Å². The number of rotatable bonds is 4. The van der Waals surface area contributed by atoms with Crippen molar-refractivity contribution in [1.82, 2.24) is 4.98 Å². The lowest BCUT2D eigenvalue weighted by atomic mass is 10.1. The molecule has 0 bridgehead atoms. The van der Waals surface area contributed by atoms with Crippen LogP contribution in [-0.4, -0.2) is 29.1 Å². The lowest BCUT2D eigenvalue weighted by molar-refractivity contribution is -0.135. The Hall–Kier alpha value is -2.53. The number of nitrogens with zero attached hydrogens (tertiary/aromatic N) is 3. The van der Waals surface area contributed by atoms with E-state index in [1.54, 1.807) is 13.0 Å². The van der Waals surface area contributed by atoms with Gasteiger partial charge in [0.1, 0.15) is 18.4 Å². The van der Waals surface area contributed by atoms with Crippen molar-refractivity contribution in [2.75, 3.05) is 18.0 Å². The van der Waals surface area contributed by atoms with Crippen LogP contribution in [0.4, 0.5) is 5.82 Å². The fourth-order valence-corrected chi connectivity index (χ4v) is 1.40. The number of carboxylic acids is 1. The Morgan fingerprint density at radius 1 is 1.71 bits per heavy atom. The number of terminal acetylenes is 1. The summed E-state index contributed by atoms with van der Waals surface area (Å²) in [6.07, 6.45) is 6.70. The highest BCUT2D eigenvalue weighted by Gasteiger charge is 2.16. The van der Waals surface area contributed by atoms with Gasteiger partial charge in [-0.3, -0.25) is 4.79 Å². The van der Waals surface area contributed by atoms with Crippen molar-refractivity contribution in [2.45, 2.75) is 6.92 Å². The van der Waals surface area contributed by atoms with Crippen LogP contribution in [0.3, 0.4) is 0 Å². The summed E-state index contributed by atoms with van der Waals surface area (Å²) in [4.78, 5) is 16.1. The zero-order chi connectivity index (χ0) is 12.8. The molecular formula is C12H11N3O2. The van der Waals surface area contributed by atoms with E-state index in [4.69, 9.17) is 16.8 Å². The summed E-state index contributed by atoms with van der Waals surface area (Å²) in [5.41, 5.74) is 1.09. The van der Waals surface area contributed by atoms with Gasteiger partial charge in [0.2, 0.25) is 0 Å².